The minimum atomic E-state index is -0.320. The van der Waals surface area contributed by atoms with Crippen LogP contribution in [-0.4, -0.2) is 43.5 Å². The van der Waals surface area contributed by atoms with Crippen molar-refractivity contribution < 1.29 is 19.4 Å². The maximum atomic E-state index is 11.8. The van der Waals surface area contributed by atoms with Gasteiger partial charge in [0.15, 0.2) is 0 Å². The van der Waals surface area contributed by atoms with Gasteiger partial charge < -0.3 is 19.9 Å². The van der Waals surface area contributed by atoms with Crippen molar-refractivity contribution in [1.29, 1.82) is 0 Å². The highest BCUT2D eigenvalue weighted by molar-refractivity contribution is 5.89. The van der Waals surface area contributed by atoms with Crippen LogP contribution in [0.4, 0.5) is 5.69 Å². The van der Waals surface area contributed by atoms with Crippen molar-refractivity contribution in [3.63, 3.8) is 0 Å². The van der Waals surface area contributed by atoms with Crippen molar-refractivity contribution in [1.82, 2.24) is 0 Å². The van der Waals surface area contributed by atoms with Gasteiger partial charge in [-0.25, -0.2) is 4.79 Å². The van der Waals surface area contributed by atoms with E-state index < -0.39 is 0 Å². The summed E-state index contributed by atoms with van der Waals surface area (Å²) in [6.07, 6.45) is 0.645. The van der Waals surface area contributed by atoms with Crippen LogP contribution in [0, 0.1) is 0 Å². The standard InChI is InChI=1S/C13H17NO4/c15-7-6-14-11-3-1-10(2-4-11)13(16)18-12-5-8-17-9-12/h1-4,12,14-15H,5-9H2. The van der Waals surface area contributed by atoms with E-state index in [0.717, 1.165) is 12.1 Å². The van der Waals surface area contributed by atoms with Crippen LogP contribution in [0.25, 0.3) is 0 Å². The number of benzene rings is 1. The average Bonchev–Trinajstić information content (AvgIpc) is 2.89. The molecule has 5 heteroatoms. The second kappa shape index (κ2) is 6.37. The topological polar surface area (TPSA) is 67.8 Å². The Kier molecular flexibility index (Phi) is 4.55. The van der Waals surface area contributed by atoms with Crippen molar-refractivity contribution in [2.24, 2.45) is 0 Å². The van der Waals surface area contributed by atoms with E-state index in [1.54, 1.807) is 24.3 Å². The molecule has 1 saturated heterocycles. The number of aliphatic hydroxyl groups is 1. The Hall–Kier alpha value is -1.59. The monoisotopic (exact) mass is 251 g/mol. The third-order valence-corrected chi connectivity index (χ3v) is 2.72. The number of carbonyl (C=O) groups is 1. The molecule has 1 aromatic rings. The number of carbonyl (C=O) groups excluding carboxylic acids is 1. The minimum Gasteiger partial charge on any atom is -0.456 e. The first-order valence-electron chi connectivity index (χ1n) is 6.03. The highest BCUT2D eigenvalue weighted by Gasteiger charge is 2.20. The molecule has 1 heterocycles. The number of nitrogens with one attached hydrogen (secondary N) is 1. The molecule has 1 unspecified atom stereocenters. The molecule has 0 saturated carbocycles. The molecule has 1 fully saturated rings. The lowest BCUT2D eigenvalue weighted by Gasteiger charge is -2.10. The molecular formula is C13H17NO4. The van der Waals surface area contributed by atoms with Gasteiger partial charge in [0.1, 0.15) is 6.10 Å². The molecule has 2 N–H and O–H groups in total. The Morgan fingerprint density at radius 1 is 1.44 bits per heavy atom. The van der Waals surface area contributed by atoms with E-state index in [1.165, 1.54) is 0 Å². The highest BCUT2D eigenvalue weighted by atomic mass is 16.6. The fourth-order valence-corrected chi connectivity index (χ4v) is 1.75. The molecule has 0 amide bonds. The molecule has 5 nitrogen and oxygen atoms in total. The maximum Gasteiger partial charge on any atom is 0.338 e. The molecule has 2 rings (SSSR count). The van der Waals surface area contributed by atoms with Gasteiger partial charge in [-0.2, -0.15) is 0 Å². The van der Waals surface area contributed by atoms with E-state index in [1.807, 2.05) is 0 Å². The summed E-state index contributed by atoms with van der Waals surface area (Å²) >= 11 is 0. The first kappa shape index (κ1) is 12.9. The van der Waals surface area contributed by atoms with E-state index in [4.69, 9.17) is 14.6 Å². The second-order valence-corrected chi connectivity index (χ2v) is 4.12. The quantitative estimate of drug-likeness (QED) is 0.765. The van der Waals surface area contributed by atoms with Crippen molar-refractivity contribution in [2.75, 3.05) is 31.7 Å². The summed E-state index contributed by atoms with van der Waals surface area (Å²) in [5.74, 6) is -0.320. The lowest BCUT2D eigenvalue weighted by Crippen LogP contribution is -2.18. The minimum absolute atomic E-state index is 0.0749. The number of ether oxygens (including phenoxy) is 2. The van der Waals surface area contributed by atoms with E-state index in [0.29, 0.717) is 25.3 Å². The molecule has 18 heavy (non-hydrogen) atoms. The molecule has 0 spiro atoms. The predicted molar refractivity (Wildman–Crippen MR) is 66.7 cm³/mol. The van der Waals surface area contributed by atoms with Crippen LogP contribution in [0.15, 0.2) is 24.3 Å². The van der Waals surface area contributed by atoms with Gasteiger partial charge >= 0.3 is 5.97 Å². The van der Waals surface area contributed by atoms with E-state index in [-0.39, 0.29) is 18.7 Å². The summed E-state index contributed by atoms with van der Waals surface area (Å²) in [6, 6.07) is 6.99. The summed E-state index contributed by atoms with van der Waals surface area (Å²) in [5.41, 5.74) is 1.39. The maximum absolute atomic E-state index is 11.8. The first-order chi connectivity index (χ1) is 8.79. The molecule has 1 atom stereocenters. The van der Waals surface area contributed by atoms with E-state index in [9.17, 15) is 4.79 Å². The van der Waals surface area contributed by atoms with Crippen molar-refractivity contribution in [3.8, 4) is 0 Å². The van der Waals surface area contributed by atoms with Gasteiger partial charge in [0, 0.05) is 18.7 Å². The Morgan fingerprint density at radius 2 is 2.22 bits per heavy atom. The summed E-state index contributed by atoms with van der Waals surface area (Å²) in [4.78, 5) is 11.8. The Morgan fingerprint density at radius 3 is 2.83 bits per heavy atom. The fraction of sp³-hybridized carbons (Fsp3) is 0.462. The summed E-state index contributed by atoms with van der Waals surface area (Å²) in [6.45, 7) is 1.71. The molecule has 0 radical (unpaired) electrons. The van der Waals surface area contributed by atoms with Gasteiger partial charge in [-0.05, 0) is 24.3 Å². The van der Waals surface area contributed by atoms with Gasteiger partial charge in [0.2, 0.25) is 0 Å². The van der Waals surface area contributed by atoms with Gasteiger partial charge in [-0.15, -0.1) is 0 Å². The Balaban J connectivity index is 1.89. The van der Waals surface area contributed by atoms with Crippen molar-refractivity contribution >= 4 is 11.7 Å². The van der Waals surface area contributed by atoms with Crippen LogP contribution >= 0.6 is 0 Å². The zero-order chi connectivity index (χ0) is 12.8. The molecule has 1 aliphatic heterocycles. The molecule has 1 aliphatic rings. The SMILES string of the molecule is O=C(OC1CCOC1)c1ccc(NCCO)cc1. The van der Waals surface area contributed by atoms with Crippen LogP contribution in [0.1, 0.15) is 16.8 Å². The smallest absolute Gasteiger partial charge is 0.338 e. The lowest BCUT2D eigenvalue weighted by molar-refractivity contribution is 0.0270. The zero-order valence-electron chi connectivity index (χ0n) is 10.1. The normalized spacial score (nSPS) is 18.6. The van der Waals surface area contributed by atoms with Crippen molar-refractivity contribution in [2.45, 2.75) is 12.5 Å². The largest absolute Gasteiger partial charge is 0.456 e. The van der Waals surface area contributed by atoms with Crippen LogP contribution in [0.5, 0.6) is 0 Å². The summed E-state index contributed by atoms with van der Waals surface area (Å²) < 4.78 is 10.4. The number of hydrogen-bond acceptors (Lipinski definition) is 5. The second-order valence-electron chi connectivity index (χ2n) is 4.12. The highest BCUT2D eigenvalue weighted by Crippen LogP contribution is 2.14. The molecule has 0 aliphatic carbocycles. The average molecular weight is 251 g/mol. The number of rotatable bonds is 5. The number of esters is 1. The zero-order valence-corrected chi connectivity index (χ0v) is 10.1. The van der Waals surface area contributed by atoms with E-state index in [2.05, 4.69) is 5.32 Å². The Bertz CT molecular complexity index is 384. The lowest BCUT2D eigenvalue weighted by atomic mass is 10.2. The van der Waals surface area contributed by atoms with Gasteiger partial charge in [-0.1, -0.05) is 0 Å². The predicted octanol–water partition coefficient (Wildman–Crippen LogP) is 1.04. The molecular weight excluding hydrogens is 234 g/mol. The Labute approximate surface area is 106 Å². The number of anilines is 1. The van der Waals surface area contributed by atoms with Gasteiger partial charge in [0.05, 0.1) is 25.4 Å². The summed E-state index contributed by atoms with van der Waals surface area (Å²) in [5, 5.41) is 11.7. The number of aliphatic hydroxyl groups excluding tert-OH is 1. The van der Waals surface area contributed by atoms with Crippen molar-refractivity contribution in [3.05, 3.63) is 29.8 Å². The molecule has 1 aromatic carbocycles. The first-order valence-corrected chi connectivity index (χ1v) is 6.03. The number of hydrogen-bond donors (Lipinski definition) is 2. The third kappa shape index (κ3) is 3.45. The van der Waals surface area contributed by atoms with Crippen LogP contribution in [0.3, 0.4) is 0 Å². The van der Waals surface area contributed by atoms with Gasteiger partial charge in [-0.3, -0.25) is 0 Å². The summed E-state index contributed by atoms with van der Waals surface area (Å²) in [7, 11) is 0. The molecule has 0 bridgehead atoms. The van der Waals surface area contributed by atoms with E-state index >= 15 is 0 Å². The fourth-order valence-electron chi connectivity index (χ4n) is 1.75. The van der Waals surface area contributed by atoms with Gasteiger partial charge in [0.25, 0.3) is 0 Å². The molecule has 0 aromatic heterocycles. The van der Waals surface area contributed by atoms with Crippen LogP contribution in [-0.2, 0) is 9.47 Å². The molecule has 98 valence electrons. The van der Waals surface area contributed by atoms with Crippen LogP contribution in [0.2, 0.25) is 0 Å². The third-order valence-electron chi connectivity index (χ3n) is 2.72. The van der Waals surface area contributed by atoms with Crippen LogP contribution < -0.4 is 5.32 Å².